The van der Waals surface area contributed by atoms with Crippen molar-refractivity contribution in [2.75, 3.05) is 79.3 Å². The number of para-hydroxylation sites is 2. The molecule has 4 atom stereocenters. The van der Waals surface area contributed by atoms with Crippen LogP contribution in [0.5, 0.6) is 23.0 Å². The number of fused-ring (bicyclic) bond motifs is 5. The lowest BCUT2D eigenvalue weighted by Crippen LogP contribution is -2.90. The maximum atomic E-state index is 14.3. The van der Waals surface area contributed by atoms with Crippen LogP contribution in [0.1, 0.15) is 20.7 Å². The van der Waals surface area contributed by atoms with E-state index in [1.807, 2.05) is 18.2 Å². The van der Waals surface area contributed by atoms with Crippen LogP contribution in [0.2, 0.25) is 0 Å². The Hall–Kier alpha value is -5.02. The molecule has 1 aliphatic carbocycles. The van der Waals surface area contributed by atoms with E-state index < -0.39 is 46.5 Å². The van der Waals surface area contributed by atoms with E-state index in [-0.39, 0.29) is 75.5 Å². The highest BCUT2D eigenvalue weighted by Gasteiger charge is 2.90. The Morgan fingerprint density at radius 1 is 0.423 bits per heavy atom. The second-order valence-electron chi connectivity index (χ2n) is 12.2. The number of hydrogen-bond acceptors (Lipinski definition) is 14. The predicted octanol–water partition coefficient (Wildman–Crippen LogP) is 2.88. The predicted molar refractivity (Wildman–Crippen MR) is 178 cm³/mol. The molecule has 14 heteroatoms. The molecule has 3 aliphatic heterocycles. The molecule has 52 heavy (non-hydrogen) atoms. The summed E-state index contributed by atoms with van der Waals surface area (Å²) in [5.74, 6) is -4.82. The third-order valence-corrected chi connectivity index (χ3v) is 9.24. The smallest absolute Gasteiger partial charge is 0.356 e. The molecule has 7 rings (SSSR count). The molecule has 2 spiro atoms. The van der Waals surface area contributed by atoms with E-state index in [1.165, 1.54) is 24.3 Å². The van der Waals surface area contributed by atoms with Gasteiger partial charge in [0.1, 0.15) is 49.4 Å². The second-order valence-corrected chi connectivity index (χ2v) is 12.2. The zero-order valence-electron chi connectivity index (χ0n) is 28.3. The van der Waals surface area contributed by atoms with Crippen molar-refractivity contribution < 1.29 is 66.5 Å². The molecule has 0 amide bonds. The highest BCUT2D eigenvalue weighted by molar-refractivity contribution is 6.19. The van der Waals surface area contributed by atoms with Gasteiger partial charge < -0.3 is 47.4 Å². The Morgan fingerprint density at radius 2 is 0.788 bits per heavy atom. The quantitative estimate of drug-likeness (QED) is 0.312. The summed E-state index contributed by atoms with van der Waals surface area (Å²) in [6.07, 6.45) is 0. The van der Waals surface area contributed by atoms with Crippen LogP contribution >= 0.6 is 0 Å². The number of esters is 2. The van der Waals surface area contributed by atoms with Gasteiger partial charge in [-0.3, -0.25) is 9.59 Å². The molecule has 1 saturated carbocycles. The summed E-state index contributed by atoms with van der Waals surface area (Å²) in [5.41, 5.74) is -4.47. The fraction of sp³-hybridized carbons (Fsp3) is 0.421. The van der Waals surface area contributed by atoms with Crippen molar-refractivity contribution in [3.8, 4) is 23.0 Å². The van der Waals surface area contributed by atoms with Crippen LogP contribution in [0.3, 0.4) is 0 Å². The van der Waals surface area contributed by atoms with E-state index in [0.717, 1.165) is 0 Å². The van der Waals surface area contributed by atoms with Crippen molar-refractivity contribution in [3.05, 3.63) is 83.9 Å². The highest BCUT2D eigenvalue weighted by atomic mass is 16.6. The summed E-state index contributed by atoms with van der Waals surface area (Å²) >= 11 is 0. The van der Waals surface area contributed by atoms with Crippen LogP contribution in [0.25, 0.3) is 0 Å². The van der Waals surface area contributed by atoms with Crippen molar-refractivity contribution in [2.24, 2.45) is 11.8 Å². The summed E-state index contributed by atoms with van der Waals surface area (Å²) in [4.78, 5) is 56.9. The SMILES string of the molecule is O=C1c2ccccc2O[C@]23C(=O)OCCOCCOCCOc4cccc(c4)OCCOCCOCCOC(=O)[C@@]24Oc2ccccc2C(=O)[C@H]4[C@H]13. The molecule has 3 aromatic rings. The first-order valence-corrected chi connectivity index (χ1v) is 17.1. The first-order chi connectivity index (χ1) is 25.5. The van der Waals surface area contributed by atoms with Crippen LogP contribution in [0.15, 0.2) is 72.8 Å². The van der Waals surface area contributed by atoms with Gasteiger partial charge in [0.25, 0.3) is 11.2 Å². The molecule has 0 N–H and O–H groups in total. The standard InChI is InChI=1S/C38H38O14/c39-33-27-8-1-3-10-29(27)51-37-31(33)32-34(40)28-9-2-4-11-30(28)52-38(32,37)36(42)50-23-19-46-15-13-44-17-21-48-26-7-5-6-25(24-26)47-20-16-43-12-14-45-18-22-49-35(37)41/h1-11,24,31-32H,12-23H2/t31-,32-,37-,38-/m1/s1. The highest BCUT2D eigenvalue weighted by Crippen LogP contribution is 2.64. The van der Waals surface area contributed by atoms with Crippen LogP contribution in [-0.2, 0) is 38.0 Å². The molecule has 3 aromatic carbocycles. The number of Topliss-reactive ketones (excluding diaryl/α,β-unsaturated/α-hetero) is 2. The monoisotopic (exact) mass is 718 g/mol. The number of carbonyl (C=O) groups excluding carboxylic acids is 4. The summed E-state index contributed by atoms with van der Waals surface area (Å²) in [6, 6.07) is 19.8. The Kier molecular flexibility index (Phi) is 10.7. The number of rotatable bonds is 0. The number of cyclic esters (lactones) is 2. The summed E-state index contributed by atoms with van der Waals surface area (Å²) < 4.78 is 57.9. The van der Waals surface area contributed by atoms with E-state index in [4.69, 9.17) is 47.4 Å². The van der Waals surface area contributed by atoms with Crippen LogP contribution in [0.4, 0.5) is 0 Å². The zero-order valence-corrected chi connectivity index (χ0v) is 28.3. The normalized spacial score (nSPS) is 27.6. The van der Waals surface area contributed by atoms with Gasteiger partial charge in [0.2, 0.25) is 0 Å². The van der Waals surface area contributed by atoms with Gasteiger partial charge in [0.15, 0.2) is 11.6 Å². The third-order valence-electron chi connectivity index (χ3n) is 9.24. The van der Waals surface area contributed by atoms with Crippen LogP contribution < -0.4 is 18.9 Å². The molecule has 0 saturated heterocycles. The zero-order chi connectivity index (χ0) is 36.0. The first-order valence-electron chi connectivity index (χ1n) is 17.1. The molecular formula is C38H38O14. The van der Waals surface area contributed by atoms with E-state index in [9.17, 15) is 19.2 Å². The van der Waals surface area contributed by atoms with Gasteiger partial charge >= 0.3 is 11.9 Å². The topological polar surface area (TPSA) is 161 Å². The fourth-order valence-corrected chi connectivity index (χ4v) is 6.96. The molecule has 4 aliphatic rings. The second kappa shape index (κ2) is 15.7. The average molecular weight is 719 g/mol. The van der Waals surface area contributed by atoms with E-state index in [0.29, 0.717) is 37.9 Å². The van der Waals surface area contributed by atoms with Crippen molar-refractivity contribution in [1.82, 2.24) is 0 Å². The minimum absolute atomic E-state index is 0.0335. The number of hydrogen-bond donors (Lipinski definition) is 0. The Balaban J connectivity index is 1.12. The number of ketones is 2. The minimum Gasteiger partial charge on any atom is -0.491 e. The molecule has 0 unspecified atom stereocenters. The van der Waals surface area contributed by atoms with Gasteiger partial charge in [-0.25, -0.2) is 9.59 Å². The van der Waals surface area contributed by atoms with Crippen LogP contribution in [-0.4, -0.2) is 114 Å². The van der Waals surface area contributed by atoms with Gasteiger partial charge in [0, 0.05) is 6.07 Å². The summed E-state index contributed by atoms with van der Waals surface area (Å²) in [6.45, 7) is 1.49. The molecule has 274 valence electrons. The Morgan fingerprint density at radius 3 is 1.21 bits per heavy atom. The van der Waals surface area contributed by atoms with Crippen molar-refractivity contribution in [3.63, 3.8) is 0 Å². The number of ether oxygens (including phenoxy) is 10. The first kappa shape index (κ1) is 35.4. The fourth-order valence-electron chi connectivity index (χ4n) is 6.96. The molecule has 0 aromatic heterocycles. The lowest BCUT2D eigenvalue weighted by molar-refractivity contribution is -0.262. The number of carbonyl (C=O) groups is 4. The minimum atomic E-state index is -2.40. The van der Waals surface area contributed by atoms with E-state index in [2.05, 4.69) is 0 Å². The van der Waals surface area contributed by atoms with E-state index in [1.54, 1.807) is 30.3 Å². The average Bonchev–Trinajstić information content (AvgIpc) is 3.15. The number of benzene rings is 3. The Bertz CT molecular complexity index is 1670. The summed E-state index contributed by atoms with van der Waals surface area (Å²) in [5, 5.41) is 0. The van der Waals surface area contributed by atoms with E-state index >= 15 is 0 Å². The summed E-state index contributed by atoms with van der Waals surface area (Å²) in [7, 11) is 0. The van der Waals surface area contributed by atoms with Crippen molar-refractivity contribution in [2.45, 2.75) is 11.2 Å². The maximum absolute atomic E-state index is 14.3. The lowest BCUT2D eigenvalue weighted by Gasteiger charge is -2.64. The van der Waals surface area contributed by atoms with Crippen LogP contribution in [0, 0.1) is 11.8 Å². The molecule has 14 nitrogen and oxygen atoms in total. The van der Waals surface area contributed by atoms with Gasteiger partial charge in [-0.05, 0) is 36.4 Å². The molecule has 0 radical (unpaired) electrons. The van der Waals surface area contributed by atoms with Crippen molar-refractivity contribution in [1.29, 1.82) is 0 Å². The molecular weight excluding hydrogens is 680 g/mol. The lowest BCUT2D eigenvalue weighted by atomic mass is 9.45. The Labute approximate surface area is 299 Å². The van der Waals surface area contributed by atoms with Gasteiger partial charge in [-0.15, -0.1) is 0 Å². The van der Waals surface area contributed by atoms with Gasteiger partial charge in [-0.2, -0.15) is 0 Å². The third kappa shape index (κ3) is 6.47. The van der Waals surface area contributed by atoms with Gasteiger partial charge in [-0.1, -0.05) is 30.3 Å². The molecule has 3 heterocycles. The molecule has 2 bridgehead atoms. The van der Waals surface area contributed by atoms with Gasteiger partial charge in [0.05, 0.1) is 75.8 Å². The maximum Gasteiger partial charge on any atom is 0.356 e. The largest absolute Gasteiger partial charge is 0.491 e. The van der Waals surface area contributed by atoms with Crippen molar-refractivity contribution >= 4 is 23.5 Å². The molecule has 1 fully saturated rings.